The number of carbonyl (C=O) groups is 1. The summed E-state index contributed by atoms with van der Waals surface area (Å²) in [6.45, 7) is 6.30. The molecule has 4 nitrogen and oxygen atoms in total. The minimum absolute atomic E-state index is 0.0957. The van der Waals surface area contributed by atoms with Crippen LogP contribution in [0.1, 0.15) is 25.8 Å². The van der Waals surface area contributed by atoms with E-state index in [2.05, 4.69) is 24.1 Å². The van der Waals surface area contributed by atoms with Crippen molar-refractivity contribution in [3.8, 4) is 0 Å². The predicted molar refractivity (Wildman–Crippen MR) is 79.2 cm³/mol. The summed E-state index contributed by atoms with van der Waals surface area (Å²) in [6.07, 6.45) is 2.12. The average molecular weight is 261 g/mol. The van der Waals surface area contributed by atoms with E-state index in [0.717, 1.165) is 37.3 Å². The first-order chi connectivity index (χ1) is 9.06. The third kappa shape index (κ3) is 3.63. The lowest BCUT2D eigenvalue weighted by molar-refractivity contribution is -0.119. The lowest BCUT2D eigenvalue weighted by Gasteiger charge is -2.31. The summed E-state index contributed by atoms with van der Waals surface area (Å²) in [5.41, 5.74) is 9.01. The number of hydrogen-bond donors (Lipinski definition) is 2. The maximum atomic E-state index is 11.9. The van der Waals surface area contributed by atoms with E-state index in [1.54, 1.807) is 0 Å². The van der Waals surface area contributed by atoms with Crippen molar-refractivity contribution < 1.29 is 4.79 Å². The molecule has 1 heterocycles. The zero-order valence-corrected chi connectivity index (χ0v) is 11.8. The molecule has 1 amide bonds. The average Bonchev–Trinajstić information content (AvgIpc) is 2.36. The summed E-state index contributed by atoms with van der Waals surface area (Å²) in [5, 5.41) is 2.97. The number of nitrogens with one attached hydrogen (secondary N) is 1. The molecule has 0 atom stereocenters. The van der Waals surface area contributed by atoms with E-state index in [-0.39, 0.29) is 5.91 Å². The van der Waals surface area contributed by atoms with Gasteiger partial charge in [-0.25, -0.2) is 0 Å². The lowest BCUT2D eigenvalue weighted by Crippen LogP contribution is -2.40. The molecule has 0 radical (unpaired) electrons. The van der Waals surface area contributed by atoms with E-state index >= 15 is 0 Å². The molecule has 1 aliphatic rings. The van der Waals surface area contributed by atoms with Gasteiger partial charge < -0.3 is 16.0 Å². The number of nitrogens with two attached hydrogens (primary N) is 1. The van der Waals surface area contributed by atoms with E-state index in [4.69, 9.17) is 5.73 Å². The molecule has 104 valence electrons. The molecular weight excluding hydrogens is 238 g/mol. The monoisotopic (exact) mass is 261 g/mol. The second-order valence-corrected chi connectivity index (χ2v) is 5.61. The van der Waals surface area contributed by atoms with Crippen molar-refractivity contribution in [2.45, 2.75) is 26.7 Å². The van der Waals surface area contributed by atoms with Crippen LogP contribution in [-0.4, -0.2) is 25.5 Å². The van der Waals surface area contributed by atoms with Crippen LogP contribution in [0.15, 0.2) is 18.2 Å². The highest BCUT2D eigenvalue weighted by Crippen LogP contribution is 2.28. The van der Waals surface area contributed by atoms with Crippen LogP contribution in [0.4, 0.5) is 11.4 Å². The highest BCUT2D eigenvalue weighted by Gasteiger charge is 2.19. The Hall–Kier alpha value is -1.71. The normalized spacial score (nSPS) is 14.4. The zero-order valence-electron chi connectivity index (χ0n) is 11.8. The largest absolute Gasteiger partial charge is 0.399 e. The van der Waals surface area contributed by atoms with Gasteiger partial charge in [0.15, 0.2) is 0 Å². The Morgan fingerprint density at radius 1 is 1.47 bits per heavy atom. The van der Waals surface area contributed by atoms with Crippen LogP contribution in [0.5, 0.6) is 0 Å². The third-order valence-corrected chi connectivity index (χ3v) is 3.36. The van der Waals surface area contributed by atoms with Crippen LogP contribution in [0, 0.1) is 5.92 Å². The maximum Gasteiger partial charge on any atom is 0.239 e. The standard InChI is InChI=1S/C15H23N3O/c1-11(2)9-17-15(19)10-18-7-3-4-12-8-13(16)5-6-14(12)18/h5-6,8,11H,3-4,7,9-10,16H2,1-2H3,(H,17,19). The van der Waals surface area contributed by atoms with Gasteiger partial charge in [0.25, 0.3) is 0 Å². The molecule has 3 N–H and O–H groups in total. The topological polar surface area (TPSA) is 58.4 Å². The molecule has 0 saturated carbocycles. The lowest BCUT2D eigenvalue weighted by atomic mass is 10.0. The van der Waals surface area contributed by atoms with Gasteiger partial charge in [-0.3, -0.25) is 4.79 Å². The van der Waals surface area contributed by atoms with E-state index in [9.17, 15) is 4.79 Å². The molecular formula is C15H23N3O. The van der Waals surface area contributed by atoms with E-state index in [1.807, 2.05) is 18.2 Å². The summed E-state index contributed by atoms with van der Waals surface area (Å²) >= 11 is 0. The number of nitrogens with zero attached hydrogens (tertiary/aromatic N) is 1. The van der Waals surface area contributed by atoms with Crippen LogP contribution < -0.4 is 16.0 Å². The molecule has 1 aromatic rings. The smallest absolute Gasteiger partial charge is 0.239 e. The fourth-order valence-electron chi connectivity index (χ4n) is 2.41. The van der Waals surface area contributed by atoms with Crippen molar-refractivity contribution in [1.82, 2.24) is 5.32 Å². The Morgan fingerprint density at radius 2 is 2.26 bits per heavy atom. The highest BCUT2D eigenvalue weighted by atomic mass is 16.2. The Kier molecular flexibility index (Phi) is 4.30. The zero-order chi connectivity index (χ0) is 13.8. The summed E-state index contributed by atoms with van der Waals surface area (Å²) in [6, 6.07) is 5.95. The van der Waals surface area contributed by atoms with Crippen molar-refractivity contribution in [2.75, 3.05) is 30.3 Å². The van der Waals surface area contributed by atoms with Crippen LogP contribution in [0.3, 0.4) is 0 Å². The number of anilines is 2. The molecule has 2 rings (SSSR count). The molecule has 0 aromatic heterocycles. The van der Waals surface area contributed by atoms with Gasteiger partial charge in [0.1, 0.15) is 0 Å². The Morgan fingerprint density at radius 3 is 3.00 bits per heavy atom. The first-order valence-electron chi connectivity index (χ1n) is 6.96. The molecule has 0 bridgehead atoms. The summed E-state index contributed by atoms with van der Waals surface area (Å²) in [4.78, 5) is 14.1. The quantitative estimate of drug-likeness (QED) is 0.812. The Labute approximate surface area is 115 Å². The number of carbonyl (C=O) groups excluding carboxylic acids is 1. The molecule has 0 fully saturated rings. The first-order valence-corrected chi connectivity index (χ1v) is 6.96. The minimum Gasteiger partial charge on any atom is -0.399 e. The van der Waals surface area contributed by atoms with Crippen molar-refractivity contribution in [2.24, 2.45) is 5.92 Å². The van der Waals surface area contributed by atoms with Crippen molar-refractivity contribution in [3.63, 3.8) is 0 Å². The maximum absolute atomic E-state index is 11.9. The minimum atomic E-state index is 0.0957. The fraction of sp³-hybridized carbons (Fsp3) is 0.533. The van der Waals surface area contributed by atoms with E-state index in [0.29, 0.717) is 12.5 Å². The van der Waals surface area contributed by atoms with Crippen LogP contribution in [-0.2, 0) is 11.2 Å². The van der Waals surface area contributed by atoms with Gasteiger partial charge in [0, 0.05) is 24.5 Å². The van der Waals surface area contributed by atoms with Gasteiger partial charge in [0.05, 0.1) is 6.54 Å². The van der Waals surface area contributed by atoms with E-state index < -0.39 is 0 Å². The number of rotatable bonds is 4. The van der Waals surface area contributed by atoms with Crippen molar-refractivity contribution in [1.29, 1.82) is 0 Å². The Balaban J connectivity index is 2.01. The van der Waals surface area contributed by atoms with E-state index in [1.165, 1.54) is 5.56 Å². The third-order valence-electron chi connectivity index (χ3n) is 3.36. The van der Waals surface area contributed by atoms with Crippen molar-refractivity contribution in [3.05, 3.63) is 23.8 Å². The molecule has 0 saturated heterocycles. The number of aryl methyl sites for hydroxylation is 1. The van der Waals surface area contributed by atoms with Gasteiger partial charge in [-0.2, -0.15) is 0 Å². The Bertz CT molecular complexity index is 457. The first kappa shape index (κ1) is 13.7. The fourth-order valence-corrected chi connectivity index (χ4v) is 2.41. The second-order valence-electron chi connectivity index (χ2n) is 5.61. The summed E-state index contributed by atoms with van der Waals surface area (Å²) in [7, 11) is 0. The number of fused-ring (bicyclic) bond motifs is 1. The molecule has 4 heteroatoms. The van der Waals surface area contributed by atoms with Gasteiger partial charge >= 0.3 is 0 Å². The SMILES string of the molecule is CC(C)CNC(=O)CN1CCCc2cc(N)ccc21. The van der Waals surface area contributed by atoms with Crippen molar-refractivity contribution >= 4 is 17.3 Å². The van der Waals surface area contributed by atoms with Crippen LogP contribution >= 0.6 is 0 Å². The highest BCUT2D eigenvalue weighted by molar-refractivity contribution is 5.82. The van der Waals surface area contributed by atoms with Gasteiger partial charge in [0.2, 0.25) is 5.91 Å². The molecule has 0 spiro atoms. The number of hydrogen-bond acceptors (Lipinski definition) is 3. The summed E-state index contributed by atoms with van der Waals surface area (Å²) < 4.78 is 0. The van der Waals surface area contributed by atoms with Gasteiger partial charge in [-0.15, -0.1) is 0 Å². The summed E-state index contributed by atoms with van der Waals surface area (Å²) in [5.74, 6) is 0.579. The molecule has 19 heavy (non-hydrogen) atoms. The number of nitrogen functional groups attached to an aromatic ring is 1. The molecule has 1 aliphatic heterocycles. The van der Waals surface area contributed by atoms with Crippen LogP contribution in [0.25, 0.3) is 0 Å². The van der Waals surface area contributed by atoms with Gasteiger partial charge in [-0.1, -0.05) is 13.8 Å². The van der Waals surface area contributed by atoms with Gasteiger partial charge in [-0.05, 0) is 42.5 Å². The number of amides is 1. The predicted octanol–water partition coefficient (Wildman–Crippen LogP) is 1.79. The number of benzene rings is 1. The van der Waals surface area contributed by atoms with Crippen LogP contribution in [0.2, 0.25) is 0 Å². The molecule has 0 aliphatic carbocycles. The molecule has 0 unspecified atom stereocenters. The molecule has 1 aromatic carbocycles. The second kappa shape index (κ2) is 5.95.